The zero-order chi connectivity index (χ0) is 24.0. The summed E-state index contributed by atoms with van der Waals surface area (Å²) in [7, 11) is 0. The summed E-state index contributed by atoms with van der Waals surface area (Å²) in [6.07, 6.45) is 9.26. The normalized spacial score (nSPS) is 17.9. The van der Waals surface area contributed by atoms with Gasteiger partial charge in [-0.25, -0.2) is 9.97 Å². The van der Waals surface area contributed by atoms with Crippen LogP contribution in [-0.2, 0) is 12.8 Å². The second kappa shape index (κ2) is 11.0. The van der Waals surface area contributed by atoms with Crippen molar-refractivity contribution in [3.8, 4) is 10.6 Å². The number of Topliss-reactive ketones (excluding diaryl/α,β-unsaturated/α-hetero) is 1. The zero-order valence-corrected chi connectivity index (χ0v) is 20.3. The minimum atomic E-state index is -0.122. The Labute approximate surface area is 209 Å². The van der Waals surface area contributed by atoms with E-state index in [1.165, 1.54) is 16.9 Å². The Hall–Kier alpha value is -3.29. The van der Waals surface area contributed by atoms with E-state index in [2.05, 4.69) is 33.5 Å². The Morgan fingerprint density at radius 1 is 1.09 bits per heavy atom. The first-order valence-corrected chi connectivity index (χ1v) is 13.0. The molecule has 1 fully saturated rings. The quantitative estimate of drug-likeness (QED) is 0.264. The number of ketones is 1. The summed E-state index contributed by atoms with van der Waals surface area (Å²) in [6.45, 7) is 0. The summed E-state index contributed by atoms with van der Waals surface area (Å²) < 4.78 is 5.32. The van der Waals surface area contributed by atoms with E-state index in [1.807, 2.05) is 36.4 Å². The van der Waals surface area contributed by atoms with Crippen LogP contribution >= 0.6 is 11.3 Å². The molecule has 0 amide bonds. The maximum Gasteiger partial charge on any atom is 0.227 e. The number of aromatic nitrogens is 2. The highest BCUT2D eigenvalue weighted by Gasteiger charge is 2.19. The van der Waals surface area contributed by atoms with Crippen molar-refractivity contribution in [3.63, 3.8) is 0 Å². The molecule has 6 nitrogen and oxygen atoms in total. The molecular weight excluding hydrogens is 458 g/mol. The van der Waals surface area contributed by atoms with Gasteiger partial charge in [0.05, 0.1) is 27.8 Å². The molecule has 35 heavy (non-hydrogen) atoms. The SMILES string of the molecule is O=C(CCc1ccco1)c1ccc(-c2ccnc(Nc3cccc(CC4CCC(O)CC4)c3)n2)s1. The average Bonchev–Trinajstić information content (AvgIpc) is 3.57. The van der Waals surface area contributed by atoms with E-state index >= 15 is 0 Å². The predicted octanol–water partition coefficient (Wildman–Crippen LogP) is 6.45. The number of nitrogens with one attached hydrogen (secondary N) is 1. The van der Waals surface area contributed by atoms with E-state index in [0.717, 1.165) is 59.0 Å². The molecule has 0 bridgehead atoms. The molecule has 5 rings (SSSR count). The molecule has 1 aromatic carbocycles. The second-order valence-electron chi connectivity index (χ2n) is 9.14. The molecule has 1 aliphatic carbocycles. The Morgan fingerprint density at radius 3 is 2.80 bits per heavy atom. The molecule has 0 radical (unpaired) electrons. The lowest BCUT2D eigenvalue weighted by Gasteiger charge is -2.25. The van der Waals surface area contributed by atoms with Gasteiger partial charge in [0.2, 0.25) is 5.95 Å². The molecule has 0 saturated heterocycles. The van der Waals surface area contributed by atoms with E-state index in [9.17, 15) is 9.90 Å². The summed E-state index contributed by atoms with van der Waals surface area (Å²) >= 11 is 1.45. The van der Waals surface area contributed by atoms with Crippen LogP contribution in [-0.4, -0.2) is 27.0 Å². The van der Waals surface area contributed by atoms with E-state index in [-0.39, 0.29) is 11.9 Å². The van der Waals surface area contributed by atoms with Gasteiger partial charge < -0.3 is 14.8 Å². The monoisotopic (exact) mass is 487 g/mol. The van der Waals surface area contributed by atoms with Gasteiger partial charge in [0.1, 0.15) is 5.76 Å². The summed E-state index contributed by atoms with van der Waals surface area (Å²) in [5, 5.41) is 13.1. The number of carbonyl (C=O) groups is 1. The number of anilines is 2. The van der Waals surface area contributed by atoms with Crippen molar-refractivity contribution in [1.82, 2.24) is 9.97 Å². The summed E-state index contributed by atoms with van der Waals surface area (Å²) in [4.78, 5) is 23.3. The average molecular weight is 488 g/mol. The third kappa shape index (κ3) is 6.24. The number of benzene rings is 1. The van der Waals surface area contributed by atoms with Crippen molar-refractivity contribution in [2.75, 3.05) is 5.32 Å². The van der Waals surface area contributed by atoms with E-state index in [4.69, 9.17) is 4.42 Å². The van der Waals surface area contributed by atoms with Crippen molar-refractivity contribution in [3.05, 3.63) is 83.3 Å². The molecule has 0 atom stereocenters. The van der Waals surface area contributed by atoms with E-state index < -0.39 is 0 Å². The number of thiophene rings is 1. The van der Waals surface area contributed by atoms with Crippen LogP contribution in [0, 0.1) is 5.92 Å². The lowest BCUT2D eigenvalue weighted by atomic mass is 9.83. The van der Waals surface area contributed by atoms with Crippen LogP contribution in [0.5, 0.6) is 0 Å². The van der Waals surface area contributed by atoms with Crippen molar-refractivity contribution in [2.45, 2.75) is 51.0 Å². The second-order valence-corrected chi connectivity index (χ2v) is 10.2. The Balaban J connectivity index is 1.22. The van der Waals surface area contributed by atoms with Crippen LogP contribution < -0.4 is 5.32 Å². The first-order valence-electron chi connectivity index (χ1n) is 12.2. The van der Waals surface area contributed by atoms with Crippen LogP contribution in [0.25, 0.3) is 10.6 Å². The smallest absolute Gasteiger partial charge is 0.227 e. The van der Waals surface area contributed by atoms with Crippen molar-refractivity contribution < 1.29 is 14.3 Å². The number of hydrogen-bond acceptors (Lipinski definition) is 7. The number of aliphatic hydroxyl groups is 1. The van der Waals surface area contributed by atoms with Gasteiger partial charge in [0.15, 0.2) is 5.78 Å². The lowest BCUT2D eigenvalue weighted by Crippen LogP contribution is -2.19. The minimum absolute atomic E-state index is 0.106. The molecule has 3 aromatic heterocycles. The van der Waals surface area contributed by atoms with Gasteiger partial charge in [-0.15, -0.1) is 11.3 Å². The maximum atomic E-state index is 12.6. The first kappa shape index (κ1) is 23.5. The maximum absolute atomic E-state index is 12.6. The van der Waals surface area contributed by atoms with Crippen LogP contribution in [0.15, 0.2) is 71.5 Å². The fourth-order valence-electron chi connectivity index (χ4n) is 4.58. The fourth-order valence-corrected chi connectivity index (χ4v) is 5.53. The molecule has 3 heterocycles. The Kier molecular flexibility index (Phi) is 7.35. The molecule has 4 aromatic rings. The highest BCUT2D eigenvalue weighted by molar-refractivity contribution is 7.17. The minimum Gasteiger partial charge on any atom is -0.469 e. The molecule has 0 spiro atoms. The van der Waals surface area contributed by atoms with Gasteiger partial charge in [-0.2, -0.15) is 0 Å². The number of rotatable bonds is 9. The molecule has 0 aliphatic heterocycles. The fraction of sp³-hybridized carbons (Fsp3) is 0.321. The summed E-state index contributed by atoms with van der Waals surface area (Å²) in [6, 6.07) is 17.8. The lowest BCUT2D eigenvalue weighted by molar-refractivity contribution is 0.0984. The molecular formula is C28H29N3O3S. The topological polar surface area (TPSA) is 88.2 Å². The van der Waals surface area contributed by atoms with Gasteiger partial charge in [-0.05, 0) is 86.1 Å². The Morgan fingerprint density at radius 2 is 1.97 bits per heavy atom. The molecule has 2 N–H and O–H groups in total. The van der Waals surface area contributed by atoms with Crippen molar-refractivity contribution >= 4 is 28.8 Å². The van der Waals surface area contributed by atoms with Gasteiger partial charge in [-0.1, -0.05) is 12.1 Å². The molecule has 1 aliphatic rings. The zero-order valence-electron chi connectivity index (χ0n) is 19.5. The molecule has 1 saturated carbocycles. The largest absolute Gasteiger partial charge is 0.469 e. The summed E-state index contributed by atoms with van der Waals surface area (Å²) in [5.41, 5.74) is 3.02. The first-order chi connectivity index (χ1) is 17.1. The number of furan rings is 1. The number of hydrogen-bond donors (Lipinski definition) is 2. The third-order valence-electron chi connectivity index (χ3n) is 6.49. The van der Waals surface area contributed by atoms with E-state index in [1.54, 1.807) is 12.5 Å². The van der Waals surface area contributed by atoms with Crippen LogP contribution in [0.2, 0.25) is 0 Å². The van der Waals surface area contributed by atoms with Gasteiger partial charge in [-0.3, -0.25) is 4.79 Å². The number of nitrogens with zero attached hydrogens (tertiary/aromatic N) is 2. The number of carbonyl (C=O) groups excluding carboxylic acids is 1. The molecule has 7 heteroatoms. The highest BCUT2D eigenvalue weighted by atomic mass is 32.1. The standard InChI is InChI=1S/C28H29N3O3S/c32-22-8-6-19(7-9-22)17-20-3-1-4-21(18-20)30-28-29-15-14-24(31-28)26-12-13-27(35-26)25(33)11-10-23-5-2-16-34-23/h1-5,12-16,18-19,22,32H,6-11,17H2,(H,29,30,31). The Bertz CT molecular complexity index is 1260. The number of aryl methyl sites for hydroxylation is 1. The van der Waals surface area contributed by atoms with Crippen LogP contribution in [0.1, 0.15) is 53.1 Å². The van der Waals surface area contributed by atoms with Crippen molar-refractivity contribution in [1.29, 1.82) is 0 Å². The van der Waals surface area contributed by atoms with Crippen molar-refractivity contribution in [2.24, 2.45) is 5.92 Å². The van der Waals surface area contributed by atoms with Gasteiger partial charge in [0, 0.05) is 24.7 Å². The van der Waals surface area contributed by atoms with E-state index in [0.29, 0.717) is 24.7 Å². The highest BCUT2D eigenvalue weighted by Crippen LogP contribution is 2.30. The molecule has 180 valence electrons. The summed E-state index contributed by atoms with van der Waals surface area (Å²) in [5.74, 6) is 2.08. The van der Waals surface area contributed by atoms with Crippen LogP contribution in [0.4, 0.5) is 11.6 Å². The van der Waals surface area contributed by atoms with Gasteiger partial charge >= 0.3 is 0 Å². The molecule has 0 unspecified atom stereocenters. The van der Waals surface area contributed by atoms with Gasteiger partial charge in [0.25, 0.3) is 0 Å². The third-order valence-corrected chi connectivity index (χ3v) is 7.64. The van der Waals surface area contributed by atoms with Crippen LogP contribution in [0.3, 0.4) is 0 Å². The predicted molar refractivity (Wildman–Crippen MR) is 138 cm³/mol. The number of aliphatic hydroxyl groups excluding tert-OH is 1.